The number of nitrogens with one attached hydrogen (secondary N) is 1. The maximum atomic E-state index is 13.8. The number of para-hydroxylation sites is 2. The number of carbonyl (C=O) groups excluding carboxylic acids is 1. The summed E-state index contributed by atoms with van der Waals surface area (Å²) in [6, 6.07) is 9.89. The van der Waals surface area contributed by atoms with Crippen LogP contribution >= 0.6 is 0 Å². The molecule has 1 atom stereocenters. The van der Waals surface area contributed by atoms with Crippen molar-refractivity contribution in [2.75, 3.05) is 58.5 Å². The molecule has 0 radical (unpaired) electrons. The Hall–Kier alpha value is -3.72. The van der Waals surface area contributed by atoms with Gasteiger partial charge >= 0.3 is 0 Å². The van der Waals surface area contributed by atoms with E-state index in [4.69, 9.17) is 29.0 Å². The summed E-state index contributed by atoms with van der Waals surface area (Å²) >= 11 is 0. The van der Waals surface area contributed by atoms with Gasteiger partial charge in [0.15, 0.2) is 28.8 Å². The average Bonchev–Trinajstić information content (AvgIpc) is 2.91. The van der Waals surface area contributed by atoms with E-state index in [1.165, 1.54) is 19.3 Å². The number of ether oxygens (including phenoxy) is 4. The Kier molecular flexibility index (Phi) is 6.96. The van der Waals surface area contributed by atoms with Crippen molar-refractivity contribution in [2.45, 2.75) is 5.60 Å². The Morgan fingerprint density at radius 2 is 1.79 bits per heavy atom. The van der Waals surface area contributed by atoms with Crippen molar-refractivity contribution in [1.82, 2.24) is 20.3 Å². The summed E-state index contributed by atoms with van der Waals surface area (Å²) in [7, 11) is -1.38. The van der Waals surface area contributed by atoms with Crippen molar-refractivity contribution in [3.05, 3.63) is 42.2 Å². The lowest BCUT2D eigenvalue weighted by Gasteiger charge is -2.36. The number of aromatic nitrogens is 2. The van der Waals surface area contributed by atoms with Crippen LogP contribution in [0.15, 0.2) is 36.4 Å². The van der Waals surface area contributed by atoms with Crippen LogP contribution in [0.3, 0.4) is 0 Å². The maximum Gasteiger partial charge on any atom is 0.290 e. The van der Waals surface area contributed by atoms with Crippen LogP contribution in [0, 0.1) is 0 Å². The molecule has 3 N–H and O–H groups in total. The first-order valence-corrected chi connectivity index (χ1v) is 13.3. The zero-order valence-electron chi connectivity index (χ0n) is 20.8. The highest BCUT2D eigenvalue weighted by Gasteiger charge is 2.51. The van der Waals surface area contributed by atoms with E-state index in [1.807, 2.05) is 0 Å². The van der Waals surface area contributed by atoms with Gasteiger partial charge in [0, 0.05) is 37.6 Å². The fourth-order valence-corrected chi connectivity index (χ4v) is 5.34. The number of methoxy groups -OCH3 is 2. The Morgan fingerprint density at radius 3 is 2.50 bits per heavy atom. The summed E-state index contributed by atoms with van der Waals surface area (Å²) in [5.74, 6) is -0.610. The number of fused-ring (bicyclic) bond motifs is 2. The number of nitrogens with two attached hydrogens (primary N) is 1. The molecule has 0 amide bonds. The van der Waals surface area contributed by atoms with Crippen LogP contribution in [0.5, 0.6) is 23.0 Å². The largest absolute Gasteiger partial charge is 0.493 e. The topological polar surface area (TPSA) is 164 Å². The van der Waals surface area contributed by atoms with Crippen molar-refractivity contribution in [3.8, 4) is 23.0 Å². The van der Waals surface area contributed by atoms with Gasteiger partial charge < -0.3 is 30.0 Å². The zero-order chi connectivity index (χ0) is 26.9. The number of nitrogen functional groups attached to an aromatic ring is 1. The summed E-state index contributed by atoms with van der Waals surface area (Å²) in [4.78, 5) is 22.7. The normalized spacial score (nSPS) is 19.7. The number of hydroxylamine groups is 2. The van der Waals surface area contributed by atoms with Gasteiger partial charge in [-0.05, 0) is 18.2 Å². The van der Waals surface area contributed by atoms with Crippen molar-refractivity contribution >= 4 is 32.6 Å². The Bertz CT molecular complexity index is 1480. The minimum atomic E-state index is -4.34. The monoisotopic (exact) mass is 545 g/mol. The van der Waals surface area contributed by atoms with Crippen molar-refractivity contribution in [2.24, 2.45) is 0 Å². The second kappa shape index (κ2) is 10.2. The third-order valence-corrected chi connectivity index (χ3v) is 7.26. The Morgan fingerprint density at radius 1 is 1.11 bits per heavy atom. The van der Waals surface area contributed by atoms with Crippen LogP contribution in [-0.2, 0) is 24.8 Å². The molecule has 0 saturated carbocycles. The molecule has 0 aliphatic carbocycles. The third kappa shape index (κ3) is 4.90. The van der Waals surface area contributed by atoms with Gasteiger partial charge in [0.25, 0.3) is 15.7 Å². The van der Waals surface area contributed by atoms with Gasteiger partial charge in [-0.2, -0.15) is 17.8 Å². The molecule has 0 bridgehead atoms. The number of hydrogen-bond acceptors (Lipinski definition) is 13. The van der Waals surface area contributed by atoms with Gasteiger partial charge in [-0.1, -0.05) is 12.1 Å². The lowest BCUT2D eigenvalue weighted by atomic mass is 9.97. The van der Waals surface area contributed by atoms with Gasteiger partial charge in [-0.3, -0.25) is 4.79 Å². The van der Waals surface area contributed by atoms with Crippen molar-refractivity contribution in [1.29, 1.82) is 0 Å². The van der Waals surface area contributed by atoms with Gasteiger partial charge in [0.2, 0.25) is 5.78 Å². The Balaban J connectivity index is 1.57. The van der Waals surface area contributed by atoms with E-state index in [1.54, 1.807) is 36.4 Å². The minimum absolute atomic E-state index is 0.0283. The van der Waals surface area contributed by atoms with E-state index in [0.717, 1.165) is 0 Å². The summed E-state index contributed by atoms with van der Waals surface area (Å²) < 4.78 is 53.7. The summed E-state index contributed by atoms with van der Waals surface area (Å²) in [5, 5.41) is 4.84. The molecule has 2 aliphatic rings. The molecule has 2 aliphatic heterocycles. The van der Waals surface area contributed by atoms with E-state index in [9.17, 15) is 13.2 Å². The van der Waals surface area contributed by atoms with Crippen LogP contribution in [0.4, 0.5) is 5.82 Å². The number of hydrogen-bond donors (Lipinski definition) is 2. The zero-order valence-corrected chi connectivity index (χ0v) is 21.6. The highest BCUT2D eigenvalue weighted by atomic mass is 32.2. The van der Waals surface area contributed by atoms with Crippen LogP contribution in [0.1, 0.15) is 5.82 Å². The SMILES string of the molecule is COc1cc2nc(C3(C(=O)CS(=O)(=O)ON4CCNCC4)COc4ccccc4O3)nc(N)c2cc1OC. The van der Waals surface area contributed by atoms with E-state index in [0.29, 0.717) is 54.3 Å². The Labute approximate surface area is 218 Å². The molecule has 2 aromatic carbocycles. The second-order valence-electron chi connectivity index (χ2n) is 8.70. The lowest BCUT2D eigenvalue weighted by molar-refractivity contribution is -0.139. The number of ketones is 1. The predicted molar refractivity (Wildman–Crippen MR) is 136 cm³/mol. The fraction of sp³-hybridized carbons (Fsp3) is 0.375. The van der Waals surface area contributed by atoms with Crippen molar-refractivity contribution in [3.63, 3.8) is 0 Å². The lowest BCUT2D eigenvalue weighted by Crippen LogP contribution is -2.53. The number of carbonyl (C=O) groups is 1. The maximum absolute atomic E-state index is 13.8. The van der Waals surface area contributed by atoms with E-state index >= 15 is 0 Å². The fourth-order valence-electron chi connectivity index (χ4n) is 4.27. The standard InChI is InChI=1S/C24H27N5O8S/c1-33-19-11-15-16(12-20(19)34-2)27-23(28-22(15)25)24(14-35-17-5-3-4-6-18(17)36-24)21(30)13-38(31,32)37-29-9-7-26-8-10-29/h3-6,11-12,26H,7-10,13-14H2,1-2H3,(H2,25,27,28). The van der Waals surface area contributed by atoms with E-state index in [-0.39, 0.29) is 24.0 Å². The molecule has 38 heavy (non-hydrogen) atoms. The number of piperazine rings is 1. The van der Waals surface area contributed by atoms with Gasteiger partial charge in [-0.25, -0.2) is 9.97 Å². The first kappa shape index (κ1) is 25.9. The highest BCUT2D eigenvalue weighted by molar-refractivity contribution is 7.87. The van der Waals surface area contributed by atoms with Gasteiger partial charge in [0.05, 0.1) is 19.7 Å². The summed E-state index contributed by atoms with van der Waals surface area (Å²) in [6.07, 6.45) is 0. The predicted octanol–water partition coefficient (Wildman–Crippen LogP) is 0.632. The average molecular weight is 546 g/mol. The first-order valence-electron chi connectivity index (χ1n) is 11.8. The first-order chi connectivity index (χ1) is 18.2. The van der Waals surface area contributed by atoms with Crippen molar-refractivity contribution < 1.29 is 36.4 Å². The minimum Gasteiger partial charge on any atom is -0.493 e. The second-order valence-corrected chi connectivity index (χ2v) is 10.3. The molecular formula is C24H27N5O8S. The van der Waals surface area contributed by atoms with Gasteiger partial charge in [0.1, 0.15) is 18.2 Å². The molecule has 3 aromatic rings. The molecule has 1 unspecified atom stereocenters. The van der Waals surface area contributed by atoms with Crippen LogP contribution in [0.2, 0.25) is 0 Å². The molecule has 1 saturated heterocycles. The molecule has 202 valence electrons. The summed E-state index contributed by atoms with van der Waals surface area (Å²) in [6.45, 7) is 1.42. The molecule has 3 heterocycles. The molecule has 1 aromatic heterocycles. The molecule has 14 heteroatoms. The van der Waals surface area contributed by atoms with E-state index in [2.05, 4.69) is 15.3 Å². The smallest absolute Gasteiger partial charge is 0.290 e. The number of rotatable bonds is 8. The number of nitrogens with zero attached hydrogens (tertiary/aromatic N) is 3. The van der Waals surface area contributed by atoms with Crippen LogP contribution in [-0.4, -0.2) is 82.0 Å². The molecule has 5 rings (SSSR count). The number of Topliss-reactive ketones (excluding diaryl/α,β-unsaturated/α-hetero) is 1. The number of benzene rings is 2. The molecule has 0 spiro atoms. The van der Waals surface area contributed by atoms with E-state index < -0.39 is 27.3 Å². The third-order valence-electron chi connectivity index (χ3n) is 6.21. The van der Waals surface area contributed by atoms with Crippen LogP contribution in [0.25, 0.3) is 10.9 Å². The van der Waals surface area contributed by atoms with Gasteiger partial charge in [-0.15, -0.1) is 0 Å². The molecule has 1 fully saturated rings. The highest BCUT2D eigenvalue weighted by Crippen LogP contribution is 2.41. The molecular weight excluding hydrogens is 518 g/mol. The quantitative estimate of drug-likeness (QED) is 0.405. The number of anilines is 1. The molecule has 13 nitrogen and oxygen atoms in total. The van der Waals surface area contributed by atoms with Crippen LogP contribution < -0.4 is 30.0 Å². The summed E-state index contributed by atoms with van der Waals surface area (Å²) in [5.41, 5.74) is 4.58.